The summed E-state index contributed by atoms with van der Waals surface area (Å²) in [6.45, 7) is 9.70. The fraction of sp³-hybridized carbons (Fsp3) is 1.00. The molecule has 0 radical (unpaired) electrons. The fourth-order valence-electron chi connectivity index (χ4n) is 1.69. The largest absolute Gasteiger partial charge is 0.382 e. The standard InChI is InChI=1S/C14H32N2O3/c1-13(2)14(12-16(3)4)15-6-7-18-10-11-19-9-8-17-5/h13-15H,6-12H2,1-5H3. The highest BCUT2D eigenvalue weighted by molar-refractivity contribution is 4.72. The van der Waals surface area contributed by atoms with Crippen LogP contribution in [0.4, 0.5) is 0 Å². The van der Waals surface area contributed by atoms with E-state index in [0.29, 0.717) is 38.4 Å². The highest BCUT2D eigenvalue weighted by atomic mass is 16.5. The zero-order valence-corrected chi connectivity index (χ0v) is 13.3. The van der Waals surface area contributed by atoms with Gasteiger partial charge in [-0.15, -0.1) is 0 Å². The van der Waals surface area contributed by atoms with Gasteiger partial charge in [0.05, 0.1) is 33.0 Å². The highest BCUT2D eigenvalue weighted by Crippen LogP contribution is 2.02. The molecule has 1 atom stereocenters. The molecule has 19 heavy (non-hydrogen) atoms. The minimum absolute atomic E-state index is 0.511. The third kappa shape index (κ3) is 12.6. The predicted molar refractivity (Wildman–Crippen MR) is 78.7 cm³/mol. The van der Waals surface area contributed by atoms with Gasteiger partial charge < -0.3 is 24.4 Å². The summed E-state index contributed by atoms with van der Waals surface area (Å²) < 4.78 is 15.7. The Kier molecular flexibility index (Phi) is 12.7. The van der Waals surface area contributed by atoms with Crippen LogP contribution >= 0.6 is 0 Å². The lowest BCUT2D eigenvalue weighted by Gasteiger charge is -2.25. The Morgan fingerprint density at radius 2 is 1.53 bits per heavy atom. The van der Waals surface area contributed by atoms with E-state index < -0.39 is 0 Å². The van der Waals surface area contributed by atoms with Gasteiger partial charge in [-0.2, -0.15) is 0 Å². The summed E-state index contributed by atoms with van der Waals surface area (Å²) in [7, 11) is 5.88. The summed E-state index contributed by atoms with van der Waals surface area (Å²) in [5, 5.41) is 3.53. The number of likely N-dealkylation sites (N-methyl/N-ethyl adjacent to an activating group) is 1. The number of ether oxygens (including phenoxy) is 3. The second-order valence-corrected chi connectivity index (χ2v) is 5.28. The lowest BCUT2D eigenvalue weighted by molar-refractivity contribution is 0.0248. The van der Waals surface area contributed by atoms with Gasteiger partial charge >= 0.3 is 0 Å². The lowest BCUT2D eigenvalue weighted by Crippen LogP contribution is -2.43. The molecule has 0 aliphatic heterocycles. The normalized spacial score (nSPS) is 13.4. The van der Waals surface area contributed by atoms with E-state index in [9.17, 15) is 0 Å². The van der Waals surface area contributed by atoms with E-state index in [1.54, 1.807) is 7.11 Å². The molecule has 0 bridgehead atoms. The van der Waals surface area contributed by atoms with Gasteiger partial charge in [0.25, 0.3) is 0 Å². The molecule has 0 aliphatic carbocycles. The van der Waals surface area contributed by atoms with Crippen molar-refractivity contribution in [2.24, 2.45) is 5.92 Å². The van der Waals surface area contributed by atoms with Crippen molar-refractivity contribution in [1.82, 2.24) is 10.2 Å². The average molecular weight is 276 g/mol. The maximum Gasteiger partial charge on any atom is 0.0701 e. The van der Waals surface area contributed by atoms with Crippen LogP contribution in [0.15, 0.2) is 0 Å². The van der Waals surface area contributed by atoms with Gasteiger partial charge in [-0.3, -0.25) is 0 Å². The van der Waals surface area contributed by atoms with Crippen LogP contribution in [-0.4, -0.2) is 78.3 Å². The molecule has 0 aromatic carbocycles. The molecule has 0 aromatic rings. The number of nitrogens with zero attached hydrogens (tertiary/aromatic N) is 1. The molecule has 116 valence electrons. The molecule has 0 aromatic heterocycles. The van der Waals surface area contributed by atoms with Gasteiger partial charge in [0.15, 0.2) is 0 Å². The summed E-state index contributed by atoms with van der Waals surface area (Å²) in [6, 6.07) is 0.511. The van der Waals surface area contributed by atoms with E-state index in [0.717, 1.165) is 19.7 Å². The first-order valence-corrected chi connectivity index (χ1v) is 7.10. The number of hydrogen-bond acceptors (Lipinski definition) is 5. The number of methoxy groups -OCH3 is 1. The second kappa shape index (κ2) is 12.8. The first-order chi connectivity index (χ1) is 9.07. The van der Waals surface area contributed by atoms with E-state index in [4.69, 9.17) is 14.2 Å². The molecule has 0 saturated carbocycles. The molecule has 0 fully saturated rings. The van der Waals surface area contributed by atoms with Crippen molar-refractivity contribution in [3.05, 3.63) is 0 Å². The fourth-order valence-corrected chi connectivity index (χ4v) is 1.69. The Bertz CT molecular complexity index is 190. The van der Waals surface area contributed by atoms with Gasteiger partial charge in [-0.05, 0) is 20.0 Å². The van der Waals surface area contributed by atoms with E-state index in [2.05, 4.69) is 38.2 Å². The third-order valence-corrected chi connectivity index (χ3v) is 2.82. The molecule has 5 nitrogen and oxygen atoms in total. The number of hydrogen-bond donors (Lipinski definition) is 1. The van der Waals surface area contributed by atoms with Gasteiger partial charge in [0.2, 0.25) is 0 Å². The third-order valence-electron chi connectivity index (χ3n) is 2.82. The van der Waals surface area contributed by atoms with Crippen LogP contribution in [0.1, 0.15) is 13.8 Å². The van der Waals surface area contributed by atoms with Crippen molar-refractivity contribution in [1.29, 1.82) is 0 Å². The molecule has 1 N–H and O–H groups in total. The van der Waals surface area contributed by atoms with Crippen LogP contribution in [0.2, 0.25) is 0 Å². The number of nitrogens with one attached hydrogen (secondary N) is 1. The predicted octanol–water partition coefficient (Wildman–Crippen LogP) is 0.842. The number of rotatable bonds is 13. The maximum atomic E-state index is 5.51. The van der Waals surface area contributed by atoms with Crippen molar-refractivity contribution in [2.75, 3.05) is 67.3 Å². The highest BCUT2D eigenvalue weighted by Gasteiger charge is 2.12. The van der Waals surface area contributed by atoms with E-state index in [1.807, 2.05) is 0 Å². The second-order valence-electron chi connectivity index (χ2n) is 5.28. The molecule has 0 rings (SSSR count). The summed E-state index contributed by atoms with van der Waals surface area (Å²) in [6.07, 6.45) is 0. The van der Waals surface area contributed by atoms with Crippen LogP contribution in [-0.2, 0) is 14.2 Å². The molecule has 0 spiro atoms. The van der Waals surface area contributed by atoms with Crippen molar-refractivity contribution in [3.63, 3.8) is 0 Å². The van der Waals surface area contributed by atoms with Gasteiger partial charge in [0.1, 0.15) is 0 Å². The molecule has 0 saturated heterocycles. The van der Waals surface area contributed by atoms with E-state index >= 15 is 0 Å². The Morgan fingerprint density at radius 3 is 2.05 bits per heavy atom. The monoisotopic (exact) mass is 276 g/mol. The SMILES string of the molecule is COCCOCCOCCNC(CN(C)C)C(C)C. The smallest absolute Gasteiger partial charge is 0.0701 e. The average Bonchev–Trinajstić information content (AvgIpc) is 2.34. The lowest BCUT2D eigenvalue weighted by atomic mass is 10.0. The summed E-state index contributed by atoms with van der Waals surface area (Å²) in [5.41, 5.74) is 0. The summed E-state index contributed by atoms with van der Waals surface area (Å²) in [5.74, 6) is 0.625. The maximum absolute atomic E-state index is 5.51. The molecule has 0 amide bonds. The van der Waals surface area contributed by atoms with Gasteiger partial charge in [0, 0.05) is 26.2 Å². The minimum atomic E-state index is 0.511. The van der Waals surface area contributed by atoms with Crippen LogP contribution in [0.25, 0.3) is 0 Å². The van der Waals surface area contributed by atoms with Crippen LogP contribution in [0.5, 0.6) is 0 Å². The van der Waals surface area contributed by atoms with Crippen molar-refractivity contribution < 1.29 is 14.2 Å². The first-order valence-electron chi connectivity index (χ1n) is 7.10. The van der Waals surface area contributed by atoms with E-state index in [-0.39, 0.29) is 0 Å². The molecule has 0 heterocycles. The first kappa shape index (κ1) is 18.8. The zero-order chi connectivity index (χ0) is 14.5. The van der Waals surface area contributed by atoms with Crippen LogP contribution < -0.4 is 5.32 Å². The Balaban J connectivity index is 3.40. The zero-order valence-electron chi connectivity index (χ0n) is 13.3. The summed E-state index contributed by atoms with van der Waals surface area (Å²) >= 11 is 0. The Labute approximate surface area is 118 Å². The van der Waals surface area contributed by atoms with E-state index in [1.165, 1.54) is 0 Å². The topological polar surface area (TPSA) is 43.0 Å². The van der Waals surface area contributed by atoms with Crippen LogP contribution in [0, 0.1) is 5.92 Å². The van der Waals surface area contributed by atoms with Crippen molar-refractivity contribution >= 4 is 0 Å². The minimum Gasteiger partial charge on any atom is -0.382 e. The van der Waals surface area contributed by atoms with Crippen molar-refractivity contribution in [2.45, 2.75) is 19.9 Å². The molecular formula is C14H32N2O3. The summed E-state index contributed by atoms with van der Waals surface area (Å²) in [4.78, 5) is 2.21. The molecule has 0 aliphatic rings. The van der Waals surface area contributed by atoms with Gasteiger partial charge in [-0.25, -0.2) is 0 Å². The molecular weight excluding hydrogens is 244 g/mol. The van der Waals surface area contributed by atoms with Crippen LogP contribution in [0.3, 0.4) is 0 Å². The Hall–Kier alpha value is -0.200. The molecule has 5 heteroatoms. The quantitative estimate of drug-likeness (QED) is 0.505. The molecule has 1 unspecified atom stereocenters. The van der Waals surface area contributed by atoms with Gasteiger partial charge in [-0.1, -0.05) is 13.8 Å². The van der Waals surface area contributed by atoms with Crippen molar-refractivity contribution in [3.8, 4) is 0 Å². The Morgan fingerprint density at radius 1 is 0.947 bits per heavy atom.